The molecule has 0 radical (unpaired) electrons. The summed E-state index contributed by atoms with van der Waals surface area (Å²) in [6.07, 6.45) is 2.94. The van der Waals surface area contributed by atoms with Crippen LogP contribution in [-0.4, -0.2) is 43.7 Å². The average Bonchev–Trinajstić information content (AvgIpc) is 3.10. The van der Waals surface area contributed by atoms with Gasteiger partial charge < -0.3 is 14.5 Å². The van der Waals surface area contributed by atoms with E-state index < -0.39 is 0 Å². The molecule has 0 unspecified atom stereocenters. The Labute approximate surface area is 161 Å². The van der Waals surface area contributed by atoms with Gasteiger partial charge in [0.1, 0.15) is 12.4 Å². The highest BCUT2D eigenvalue weighted by molar-refractivity contribution is 5.80. The molecular formula is C23H27N3O. The second-order valence-corrected chi connectivity index (χ2v) is 7.52. The predicted molar refractivity (Wildman–Crippen MR) is 112 cm³/mol. The van der Waals surface area contributed by atoms with Gasteiger partial charge in [-0.05, 0) is 62.8 Å². The summed E-state index contributed by atoms with van der Waals surface area (Å²) in [7, 11) is 4.10. The molecule has 0 N–H and O–H groups in total. The highest BCUT2D eigenvalue weighted by Gasteiger charge is 2.24. The number of pyridine rings is 1. The Kier molecular flexibility index (Phi) is 4.99. The van der Waals surface area contributed by atoms with Crippen LogP contribution >= 0.6 is 0 Å². The SMILES string of the molecule is C[C@H](c1ccc2ncc(OCCN(C)C)cc2c1)N1CCc2ccccc21. The molecule has 0 aliphatic carbocycles. The minimum Gasteiger partial charge on any atom is -0.491 e. The van der Waals surface area contributed by atoms with Crippen molar-refractivity contribution in [2.75, 3.05) is 38.7 Å². The van der Waals surface area contributed by atoms with Gasteiger partial charge in [0.2, 0.25) is 0 Å². The van der Waals surface area contributed by atoms with Crippen molar-refractivity contribution >= 4 is 16.6 Å². The molecule has 27 heavy (non-hydrogen) atoms. The molecule has 3 aromatic rings. The fraction of sp³-hybridized carbons (Fsp3) is 0.348. The smallest absolute Gasteiger partial charge is 0.138 e. The summed E-state index contributed by atoms with van der Waals surface area (Å²) in [5.41, 5.74) is 5.13. The number of hydrogen-bond acceptors (Lipinski definition) is 4. The third kappa shape index (κ3) is 3.76. The molecule has 0 amide bonds. The Hall–Kier alpha value is -2.59. The molecule has 4 heteroatoms. The molecule has 1 aliphatic rings. The van der Waals surface area contributed by atoms with Crippen LogP contribution in [0.1, 0.15) is 24.1 Å². The highest BCUT2D eigenvalue weighted by atomic mass is 16.5. The van der Waals surface area contributed by atoms with Gasteiger partial charge in [-0.2, -0.15) is 0 Å². The van der Waals surface area contributed by atoms with E-state index in [0.29, 0.717) is 12.6 Å². The fourth-order valence-corrected chi connectivity index (χ4v) is 3.76. The van der Waals surface area contributed by atoms with Crippen LogP contribution in [0.4, 0.5) is 5.69 Å². The number of para-hydroxylation sites is 1. The van der Waals surface area contributed by atoms with E-state index in [1.165, 1.54) is 16.8 Å². The Morgan fingerprint density at radius 2 is 2.00 bits per heavy atom. The first-order chi connectivity index (χ1) is 13.1. The first-order valence-electron chi connectivity index (χ1n) is 9.63. The van der Waals surface area contributed by atoms with Gasteiger partial charge in [-0.3, -0.25) is 4.98 Å². The monoisotopic (exact) mass is 361 g/mol. The summed E-state index contributed by atoms with van der Waals surface area (Å²) in [4.78, 5) is 9.18. The van der Waals surface area contributed by atoms with E-state index >= 15 is 0 Å². The summed E-state index contributed by atoms with van der Waals surface area (Å²) in [6, 6.07) is 17.7. The Morgan fingerprint density at radius 3 is 2.85 bits per heavy atom. The number of hydrogen-bond donors (Lipinski definition) is 0. The van der Waals surface area contributed by atoms with E-state index in [1.54, 1.807) is 0 Å². The zero-order chi connectivity index (χ0) is 18.8. The Balaban J connectivity index is 1.57. The third-order valence-electron chi connectivity index (χ3n) is 5.36. The number of aromatic nitrogens is 1. The van der Waals surface area contributed by atoms with Crippen LogP contribution in [0.3, 0.4) is 0 Å². The van der Waals surface area contributed by atoms with E-state index in [9.17, 15) is 0 Å². The normalized spacial score (nSPS) is 14.6. The number of fused-ring (bicyclic) bond motifs is 2. The maximum atomic E-state index is 5.86. The lowest BCUT2D eigenvalue weighted by Gasteiger charge is -2.28. The fourth-order valence-electron chi connectivity index (χ4n) is 3.76. The molecule has 2 aromatic carbocycles. The molecule has 1 aliphatic heterocycles. The summed E-state index contributed by atoms with van der Waals surface area (Å²) < 4.78 is 5.86. The molecule has 0 bridgehead atoms. The van der Waals surface area contributed by atoms with Gasteiger partial charge >= 0.3 is 0 Å². The molecule has 0 fully saturated rings. The van der Waals surface area contributed by atoms with Gasteiger partial charge in [0.05, 0.1) is 17.8 Å². The zero-order valence-corrected chi connectivity index (χ0v) is 16.4. The zero-order valence-electron chi connectivity index (χ0n) is 16.4. The van der Waals surface area contributed by atoms with Crippen LogP contribution in [0, 0.1) is 0 Å². The molecule has 0 spiro atoms. The van der Waals surface area contributed by atoms with Gasteiger partial charge in [0, 0.05) is 24.2 Å². The molecular weight excluding hydrogens is 334 g/mol. The molecule has 0 saturated carbocycles. The van der Waals surface area contributed by atoms with Crippen molar-refractivity contribution in [2.45, 2.75) is 19.4 Å². The minimum atomic E-state index is 0.330. The highest BCUT2D eigenvalue weighted by Crippen LogP contribution is 2.35. The molecule has 1 atom stereocenters. The van der Waals surface area contributed by atoms with Crippen molar-refractivity contribution < 1.29 is 4.74 Å². The van der Waals surface area contributed by atoms with Crippen molar-refractivity contribution in [3.05, 3.63) is 65.9 Å². The number of benzene rings is 2. The summed E-state index contributed by atoms with van der Waals surface area (Å²) in [5, 5.41) is 1.13. The van der Waals surface area contributed by atoms with Crippen molar-refractivity contribution in [3.63, 3.8) is 0 Å². The second-order valence-electron chi connectivity index (χ2n) is 7.52. The van der Waals surface area contributed by atoms with E-state index in [-0.39, 0.29) is 0 Å². The van der Waals surface area contributed by atoms with Crippen molar-refractivity contribution in [3.8, 4) is 5.75 Å². The second kappa shape index (κ2) is 7.57. The Morgan fingerprint density at radius 1 is 1.15 bits per heavy atom. The largest absolute Gasteiger partial charge is 0.491 e. The van der Waals surface area contributed by atoms with E-state index in [4.69, 9.17) is 4.74 Å². The lowest BCUT2D eigenvalue weighted by atomic mass is 10.0. The lowest BCUT2D eigenvalue weighted by molar-refractivity contribution is 0.261. The number of rotatable bonds is 6. The van der Waals surface area contributed by atoms with E-state index in [1.807, 2.05) is 20.3 Å². The van der Waals surface area contributed by atoms with Crippen LogP contribution in [0.5, 0.6) is 5.75 Å². The number of likely N-dealkylation sites (N-methyl/N-ethyl adjacent to an activating group) is 1. The maximum Gasteiger partial charge on any atom is 0.138 e. The third-order valence-corrected chi connectivity index (χ3v) is 5.36. The average molecular weight is 361 g/mol. The number of nitrogens with zero attached hydrogens (tertiary/aromatic N) is 3. The van der Waals surface area contributed by atoms with E-state index in [0.717, 1.165) is 36.2 Å². The van der Waals surface area contributed by atoms with Crippen LogP contribution in [0.15, 0.2) is 54.7 Å². The first-order valence-corrected chi connectivity index (χ1v) is 9.63. The lowest BCUT2D eigenvalue weighted by Crippen LogP contribution is -2.24. The van der Waals surface area contributed by atoms with Gasteiger partial charge in [-0.1, -0.05) is 24.3 Å². The molecule has 4 rings (SSSR count). The quantitative estimate of drug-likeness (QED) is 0.654. The number of ether oxygens (including phenoxy) is 1. The van der Waals surface area contributed by atoms with Crippen LogP contribution < -0.4 is 9.64 Å². The first kappa shape index (κ1) is 17.8. The standard InChI is InChI=1S/C23H27N3O/c1-17(26-11-10-18-6-4-5-7-23(18)26)19-8-9-22-20(14-19)15-21(16-24-22)27-13-12-25(2)3/h4-9,14-17H,10-13H2,1-3H3/t17-/m1/s1. The Bertz CT molecular complexity index is 938. The van der Waals surface area contributed by atoms with Gasteiger partial charge in [-0.15, -0.1) is 0 Å². The summed E-state index contributed by atoms with van der Waals surface area (Å²) in [6.45, 7) is 4.92. The van der Waals surface area contributed by atoms with Crippen molar-refractivity contribution in [1.29, 1.82) is 0 Å². The molecule has 4 nitrogen and oxygen atoms in total. The van der Waals surface area contributed by atoms with Gasteiger partial charge in [0.15, 0.2) is 0 Å². The summed E-state index contributed by atoms with van der Waals surface area (Å²) >= 11 is 0. The predicted octanol–water partition coefficient (Wildman–Crippen LogP) is 4.30. The number of anilines is 1. The molecule has 1 aromatic heterocycles. The summed E-state index contributed by atoms with van der Waals surface area (Å²) in [5.74, 6) is 0.834. The molecule has 140 valence electrons. The van der Waals surface area contributed by atoms with Gasteiger partial charge in [0.25, 0.3) is 0 Å². The molecule has 2 heterocycles. The minimum absolute atomic E-state index is 0.330. The maximum absolute atomic E-state index is 5.86. The van der Waals surface area contributed by atoms with Crippen LogP contribution in [0.25, 0.3) is 10.9 Å². The van der Waals surface area contributed by atoms with Crippen molar-refractivity contribution in [2.24, 2.45) is 0 Å². The van der Waals surface area contributed by atoms with Gasteiger partial charge in [-0.25, -0.2) is 0 Å². The van der Waals surface area contributed by atoms with Crippen LogP contribution in [-0.2, 0) is 6.42 Å². The van der Waals surface area contributed by atoms with Crippen molar-refractivity contribution in [1.82, 2.24) is 9.88 Å². The topological polar surface area (TPSA) is 28.6 Å². The van der Waals surface area contributed by atoms with E-state index in [2.05, 4.69) is 70.2 Å². The van der Waals surface area contributed by atoms with Crippen LogP contribution in [0.2, 0.25) is 0 Å². The molecule has 0 saturated heterocycles.